The summed E-state index contributed by atoms with van der Waals surface area (Å²) in [4.78, 5) is 1.25. The quantitative estimate of drug-likeness (QED) is 0.655. The van der Waals surface area contributed by atoms with Gasteiger partial charge in [0, 0.05) is 6.42 Å². The van der Waals surface area contributed by atoms with Crippen molar-refractivity contribution in [2.45, 2.75) is 33.3 Å². The van der Waals surface area contributed by atoms with E-state index in [1.165, 1.54) is 16.0 Å². The Morgan fingerprint density at radius 2 is 1.64 bits per heavy atom. The van der Waals surface area contributed by atoms with Gasteiger partial charge in [-0.2, -0.15) is 0 Å². The minimum Gasteiger partial charge on any atom is -0.493 e. The van der Waals surface area contributed by atoms with Crippen LogP contribution in [0.15, 0.2) is 30.3 Å². The van der Waals surface area contributed by atoms with E-state index in [4.69, 9.17) is 14.2 Å². The molecule has 2 atom stereocenters. The van der Waals surface area contributed by atoms with E-state index in [0.717, 1.165) is 41.3 Å². The van der Waals surface area contributed by atoms with Crippen LogP contribution in [0, 0.1) is 20.8 Å². The summed E-state index contributed by atoms with van der Waals surface area (Å²) in [6.07, 6.45) is 0.389. The Bertz CT molecular complexity index is 775. The van der Waals surface area contributed by atoms with Crippen LogP contribution in [0.5, 0.6) is 17.2 Å². The lowest BCUT2D eigenvalue weighted by Gasteiger charge is -2.20. The van der Waals surface area contributed by atoms with Crippen molar-refractivity contribution in [2.24, 2.45) is 0 Å². The molecule has 2 aromatic carbocycles. The van der Waals surface area contributed by atoms with Crippen LogP contribution in [0.1, 0.15) is 22.3 Å². The average molecular weight is 389 g/mol. The predicted octanol–water partition coefficient (Wildman–Crippen LogP) is 2.13. The van der Waals surface area contributed by atoms with Crippen molar-refractivity contribution < 1.29 is 24.2 Å². The molecule has 0 amide bonds. The number of likely N-dealkylation sites (N-methyl/N-ethyl adjacent to an activating group) is 1. The summed E-state index contributed by atoms with van der Waals surface area (Å²) in [5.74, 6) is 2.37. The zero-order valence-corrected chi connectivity index (χ0v) is 18.0. The van der Waals surface area contributed by atoms with Crippen molar-refractivity contribution in [1.82, 2.24) is 0 Å². The second kappa shape index (κ2) is 10.3. The van der Waals surface area contributed by atoms with Crippen LogP contribution >= 0.6 is 0 Å². The molecule has 28 heavy (non-hydrogen) atoms. The summed E-state index contributed by atoms with van der Waals surface area (Å²) in [6, 6.07) is 10.1. The standard InChI is InChI=1S/C23H33NO4/c1-16-7-8-17(2)23(18(16)3)28-15-20(25)14-24(4)12-11-19-9-10-21(26-5)22(13-19)27-6/h7-10,13,20,25H,11-12,14-15H2,1-6H3/p+1/t20-/m0/s1. The third-order valence-corrected chi connectivity index (χ3v) is 5.17. The third kappa shape index (κ3) is 5.88. The number of rotatable bonds is 10. The number of aliphatic hydroxyl groups is 1. The molecule has 0 aliphatic rings. The van der Waals surface area contributed by atoms with Crippen LogP contribution < -0.4 is 19.1 Å². The van der Waals surface area contributed by atoms with E-state index in [2.05, 4.69) is 39.1 Å². The molecule has 5 heteroatoms. The number of ether oxygens (including phenoxy) is 3. The molecule has 0 aliphatic carbocycles. The van der Waals surface area contributed by atoms with Gasteiger partial charge in [-0.25, -0.2) is 0 Å². The van der Waals surface area contributed by atoms with Crippen molar-refractivity contribution in [1.29, 1.82) is 0 Å². The van der Waals surface area contributed by atoms with Crippen molar-refractivity contribution in [3.8, 4) is 17.2 Å². The number of hydrogen-bond acceptors (Lipinski definition) is 4. The molecule has 0 bridgehead atoms. The van der Waals surface area contributed by atoms with E-state index in [1.54, 1.807) is 14.2 Å². The van der Waals surface area contributed by atoms with Gasteiger partial charge in [0.25, 0.3) is 0 Å². The molecule has 0 saturated heterocycles. The number of hydrogen-bond donors (Lipinski definition) is 2. The molecular weight excluding hydrogens is 354 g/mol. The van der Waals surface area contributed by atoms with Gasteiger partial charge in [-0.3, -0.25) is 0 Å². The first-order valence-electron chi connectivity index (χ1n) is 9.75. The lowest BCUT2D eigenvalue weighted by atomic mass is 10.1. The first kappa shape index (κ1) is 22.1. The lowest BCUT2D eigenvalue weighted by molar-refractivity contribution is -0.882. The van der Waals surface area contributed by atoms with Gasteiger partial charge in [-0.15, -0.1) is 0 Å². The largest absolute Gasteiger partial charge is 0.493 e. The van der Waals surface area contributed by atoms with E-state index in [0.29, 0.717) is 13.2 Å². The number of aryl methyl sites for hydroxylation is 2. The Balaban J connectivity index is 1.83. The summed E-state index contributed by atoms with van der Waals surface area (Å²) < 4.78 is 16.6. The van der Waals surface area contributed by atoms with E-state index in [1.807, 2.05) is 19.1 Å². The zero-order chi connectivity index (χ0) is 20.7. The molecular formula is C23H34NO4+. The van der Waals surface area contributed by atoms with Gasteiger partial charge in [0.15, 0.2) is 11.5 Å². The van der Waals surface area contributed by atoms with Crippen LogP contribution in [0.4, 0.5) is 0 Å². The summed E-state index contributed by atoms with van der Waals surface area (Å²) >= 11 is 0. The van der Waals surface area contributed by atoms with Gasteiger partial charge in [0.05, 0.1) is 27.8 Å². The van der Waals surface area contributed by atoms with Crippen LogP contribution in [-0.4, -0.2) is 52.2 Å². The minimum absolute atomic E-state index is 0.304. The van der Waals surface area contributed by atoms with Gasteiger partial charge in [0.2, 0.25) is 0 Å². The fraction of sp³-hybridized carbons (Fsp3) is 0.478. The number of nitrogens with one attached hydrogen (secondary N) is 1. The van der Waals surface area contributed by atoms with Crippen LogP contribution in [0.25, 0.3) is 0 Å². The Kier molecular flexibility index (Phi) is 8.15. The molecule has 0 radical (unpaired) electrons. The summed E-state index contributed by atoms with van der Waals surface area (Å²) in [6.45, 7) is 8.02. The van der Waals surface area contributed by atoms with Crippen molar-refractivity contribution in [3.63, 3.8) is 0 Å². The Morgan fingerprint density at radius 3 is 2.32 bits per heavy atom. The lowest BCUT2D eigenvalue weighted by Crippen LogP contribution is -3.10. The normalized spacial score (nSPS) is 13.1. The fourth-order valence-electron chi connectivity index (χ4n) is 3.28. The van der Waals surface area contributed by atoms with Gasteiger partial charge in [-0.1, -0.05) is 18.2 Å². The summed E-state index contributed by atoms with van der Waals surface area (Å²) in [7, 11) is 5.37. The molecule has 1 unspecified atom stereocenters. The second-order valence-corrected chi connectivity index (χ2v) is 7.47. The Hall–Kier alpha value is -2.24. The van der Waals surface area contributed by atoms with Gasteiger partial charge >= 0.3 is 0 Å². The van der Waals surface area contributed by atoms with E-state index < -0.39 is 6.10 Å². The van der Waals surface area contributed by atoms with Gasteiger partial charge in [0.1, 0.15) is 25.0 Å². The molecule has 2 N–H and O–H groups in total. The molecule has 2 aromatic rings. The topological polar surface area (TPSA) is 52.4 Å². The van der Waals surface area contributed by atoms with Crippen LogP contribution in [0.3, 0.4) is 0 Å². The highest BCUT2D eigenvalue weighted by Crippen LogP contribution is 2.27. The second-order valence-electron chi connectivity index (χ2n) is 7.47. The van der Waals surface area contributed by atoms with Crippen LogP contribution in [0.2, 0.25) is 0 Å². The SMILES string of the molecule is COc1ccc(CC[NH+](C)C[C@H](O)COc2c(C)ccc(C)c2C)cc1OC. The molecule has 5 nitrogen and oxygen atoms in total. The summed E-state index contributed by atoms with van der Waals surface area (Å²) in [5, 5.41) is 10.4. The molecule has 2 rings (SSSR count). The maximum absolute atomic E-state index is 10.4. The van der Waals surface area contributed by atoms with Crippen molar-refractivity contribution in [2.75, 3.05) is 41.0 Å². The predicted molar refractivity (Wildman–Crippen MR) is 112 cm³/mol. The maximum Gasteiger partial charge on any atom is 0.160 e. The zero-order valence-electron chi connectivity index (χ0n) is 18.0. The van der Waals surface area contributed by atoms with E-state index in [9.17, 15) is 5.11 Å². The number of benzene rings is 2. The van der Waals surface area contributed by atoms with E-state index in [-0.39, 0.29) is 0 Å². The minimum atomic E-state index is -0.510. The molecule has 154 valence electrons. The molecule has 0 aromatic heterocycles. The fourth-order valence-corrected chi connectivity index (χ4v) is 3.28. The monoisotopic (exact) mass is 388 g/mol. The maximum atomic E-state index is 10.4. The highest BCUT2D eigenvalue weighted by molar-refractivity contribution is 5.44. The highest BCUT2D eigenvalue weighted by Gasteiger charge is 2.15. The smallest absolute Gasteiger partial charge is 0.160 e. The number of aliphatic hydroxyl groups excluding tert-OH is 1. The molecule has 0 heterocycles. The third-order valence-electron chi connectivity index (χ3n) is 5.17. The van der Waals surface area contributed by atoms with E-state index >= 15 is 0 Å². The van der Waals surface area contributed by atoms with Crippen molar-refractivity contribution in [3.05, 3.63) is 52.6 Å². The van der Waals surface area contributed by atoms with Crippen molar-refractivity contribution >= 4 is 0 Å². The summed E-state index contributed by atoms with van der Waals surface area (Å²) in [5.41, 5.74) is 4.63. The highest BCUT2D eigenvalue weighted by atomic mass is 16.5. The van der Waals surface area contributed by atoms with Gasteiger partial charge in [-0.05, 0) is 55.2 Å². The number of methoxy groups -OCH3 is 2. The average Bonchev–Trinajstić information content (AvgIpc) is 2.69. The molecule has 0 spiro atoms. The molecule has 0 fully saturated rings. The first-order valence-corrected chi connectivity index (χ1v) is 9.75. The Morgan fingerprint density at radius 1 is 0.964 bits per heavy atom. The molecule has 0 saturated carbocycles. The Labute approximate surface area is 168 Å². The number of quaternary nitrogens is 1. The van der Waals surface area contributed by atoms with Crippen LogP contribution in [-0.2, 0) is 6.42 Å². The molecule has 0 aliphatic heterocycles. The first-order chi connectivity index (χ1) is 13.3. The van der Waals surface area contributed by atoms with Gasteiger partial charge < -0.3 is 24.2 Å².